The largest absolute Gasteiger partial charge is 0.476 e. The number of rotatable bonds is 4. The fraction of sp³-hybridized carbons (Fsp3) is 0.0833. The van der Waals surface area contributed by atoms with E-state index in [1.165, 1.54) is 24.7 Å². The molecule has 6 heteroatoms. The van der Waals surface area contributed by atoms with Crippen LogP contribution in [-0.4, -0.2) is 21.0 Å². The van der Waals surface area contributed by atoms with Gasteiger partial charge in [0.25, 0.3) is 0 Å². The molecule has 0 aliphatic carbocycles. The second kappa shape index (κ2) is 5.22. The van der Waals surface area contributed by atoms with Crippen molar-refractivity contribution in [3.8, 4) is 0 Å². The van der Waals surface area contributed by atoms with Crippen molar-refractivity contribution in [2.45, 2.75) is 6.54 Å². The van der Waals surface area contributed by atoms with Gasteiger partial charge in [-0.1, -0.05) is 12.1 Å². The van der Waals surface area contributed by atoms with Gasteiger partial charge < -0.3 is 10.4 Å². The molecule has 0 bridgehead atoms. The van der Waals surface area contributed by atoms with Gasteiger partial charge in [0.05, 0.1) is 11.9 Å². The number of anilines is 1. The second-order valence-electron chi connectivity index (χ2n) is 3.57. The van der Waals surface area contributed by atoms with Crippen molar-refractivity contribution in [2.75, 3.05) is 5.32 Å². The Kier molecular flexibility index (Phi) is 3.47. The Balaban J connectivity index is 2.10. The summed E-state index contributed by atoms with van der Waals surface area (Å²) in [6.07, 6.45) is 2.56. The summed E-state index contributed by atoms with van der Waals surface area (Å²) >= 11 is 0. The van der Waals surface area contributed by atoms with Crippen molar-refractivity contribution >= 4 is 11.7 Å². The number of benzene rings is 1. The Morgan fingerprint density at radius 1 is 1.33 bits per heavy atom. The van der Waals surface area contributed by atoms with Gasteiger partial charge in [-0.15, -0.1) is 0 Å². The number of aromatic nitrogens is 2. The summed E-state index contributed by atoms with van der Waals surface area (Å²) < 4.78 is 12.7. The summed E-state index contributed by atoms with van der Waals surface area (Å²) in [5.74, 6) is -1.44. The number of carboxylic acid groups (broad SMARTS) is 1. The lowest BCUT2D eigenvalue weighted by Gasteiger charge is -2.07. The summed E-state index contributed by atoms with van der Waals surface area (Å²) in [6.45, 7) is 0.369. The Morgan fingerprint density at radius 2 is 2.06 bits per heavy atom. The number of halogens is 1. The lowest BCUT2D eigenvalue weighted by Crippen LogP contribution is -2.09. The molecule has 2 N–H and O–H groups in total. The smallest absolute Gasteiger partial charge is 0.356 e. The Morgan fingerprint density at radius 3 is 2.72 bits per heavy atom. The lowest BCUT2D eigenvalue weighted by atomic mass is 10.2. The van der Waals surface area contributed by atoms with Crippen molar-refractivity contribution in [2.24, 2.45) is 0 Å². The van der Waals surface area contributed by atoms with Crippen LogP contribution < -0.4 is 5.32 Å². The van der Waals surface area contributed by atoms with E-state index in [0.717, 1.165) is 5.56 Å². The summed E-state index contributed by atoms with van der Waals surface area (Å²) in [5.41, 5.74) is 1.07. The topological polar surface area (TPSA) is 75.1 Å². The zero-order valence-electron chi connectivity index (χ0n) is 9.30. The van der Waals surface area contributed by atoms with Crippen LogP contribution in [0.25, 0.3) is 0 Å². The Labute approximate surface area is 102 Å². The first-order valence-corrected chi connectivity index (χ1v) is 5.18. The molecule has 1 aromatic carbocycles. The Hall–Kier alpha value is -2.50. The number of hydrogen-bond acceptors (Lipinski definition) is 4. The van der Waals surface area contributed by atoms with E-state index in [9.17, 15) is 9.18 Å². The third-order valence-electron chi connectivity index (χ3n) is 2.31. The standard InChI is InChI=1S/C12H10FN3O2/c13-9-3-1-8(2-4-9)5-15-10-6-14-7-16-11(10)12(17)18/h1-4,6-7,15H,5H2,(H,17,18). The van der Waals surface area contributed by atoms with Crippen LogP contribution in [0.4, 0.5) is 10.1 Å². The van der Waals surface area contributed by atoms with Crippen LogP contribution in [0.1, 0.15) is 16.1 Å². The van der Waals surface area contributed by atoms with Gasteiger partial charge in [0.15, 0.2) is 5.69 Å². The molecule has 0 unspecified atom stereocenters. The molecule has 0 atom stereocenters. The third kappa shape index (κ3) is 2.79. The average Bonchev–Trinajstić information content (AvgIpc) is 2.38. The van der Waals surface area contributed by atoms with Crippen LogP contribution in [-0.2, 0) is 6.54 Å². The van der Waals surface area contributed by atoms with Gasteiger partial charge in [-0.05, 0) is 17.7 Å². The fourth-order valence-electron chi connectivity index (χ4n) is 1.43. The molecular weight excluding hydrogens is 237 g/mol. The summed E-state index contributed by atoms with van der Waals surface area (Å²) in [4.78, 5) is 18.3. The third-order valence-corrected chi connectivity index (χ3v) is 2.31. The summed E-state index contributed by atoms with van der Waals surface area (Å²) in [6, 6.07) is 5.92. The first-order chi connectivity index (χ1) is 8.66. The Bertz CT molecular complexity index is 558. The quantitative estimate of drug-likeness (QED) is 0.863. The molecule has 0 amide bonds. The zero-order valence-corrected chi connectivity index (χ0v) is 9.30. The van der Waals surface area contributed by atoms with E-state index in [1.54, 1.807) is 12.1 Å². The number of aromatic carboxylic acids is 1. The van der Waals surface area contributed by atoms with Crippen LogP contribution >= 0.6 is 0 Å². The van der Waals surface area contributed by atoms with Crippen LogP contribution in [0.15, 0.2) is 36.8 Å². The molecule has 5 nitrogen and oxygen atoms in total. The molecule has 0 radical (unpaired) electrons. The molecule has 2 rings (SSSR count). The minimum Gasteiger partial charge on any atom is -0.476 e. The number of carboxylic acids is 1. The predicted molar refractivity (Wildman–Crippen MR) is 62.7 cm³/mol. The first kappa shape index (κ1) is 12.0. The van der Waals surface area contributed by atoms with Gasteiger partial charge >= 0.3 is 5.97 Å². The van der Waals surface area contributed by atoms with Gasteiger partial charge in [-0.3, -0.25) is 0 Å². The molecule has 18 heavy (non-hydrogen) atoms. The fourth-order valence-corrected chi connectivity index (χ4v) is 1.43. The second-order valence-corrected chi connectivity index (χ2v) is 3.57. The molecule has 1 heterocycles. The number of carbonyl (C=O) groups is 1. The predicted octanol–water partition coefficient (Wildman–Crippen LogP) is 1.93. The summed E-state index contributed by atoms with van der Waals surface area (Å²) in [5, 5.41) is 11.8. The highest BCUT2D eigenvalue weighted by molar-refractivity contribution is 5.91. The van der Waals surface area contributed by atoms with Crippen LogP contribution in [0.3, 0.4) is 0 Å². The summed E-state index contributed by atoms with van der Waals surface area (Å²) in [7, 11) is 0. The molecule has 0 saturated heterocycles. The molecule has 0 saturated carbocycles. The highest BCUT2D eigenvalue weighted by Crippen LogP contribution is 2.12. The van der Waals surface area contributed by atoms with Crippen molar-refractivity contribution in [1.29, 1.82) is 0 Å². The highest BCUT2D eigenvalue weighted by Gasteiger charge is 2.10. The van der Waals surface area contributed by atoms with E-state index in [4.69, 9.17) is 5.11 Å². The molecule has 0 aliphatic heterocycles. The van der Waals surface area contributed by atoms with Gasteiger partial charge in [0.2, 0.25) is 0 Å². The molecule has 0 spiro atoms. The van der Waals surface area contributed by atoms with Gasteiger partial charge in [-0.2, -0.15) is 0 Å². The van der Waals surface area contributed by atoms with E-state index in [-0.39, 0.29) is 11.5 Å². The zero-order chi connectivity index (χ0) is 13.0. The molecule has 2 aromatic rings. The number of nitrogens with one attached hydrogen (secondary N) is 1. The molecular formula is C12H10FN3O2. The maximum atomic E-state index is 12.7. The van der Waals surface area contributed by atoms with Crippen LogP contribution in [0, 0.1) is 5.82 Å². The molecule has 1 aromatic heterocycles. The molecule has 0 aliphatic rings. The van der Waals surface area contributed by atoms with Crippen molar-refractivity contribution in [3.05, 3.63) is 53.9 Å². The minimum absolute atomic E-state index is 0.0906. The van der Waals surface area contributed by atoms with Crippen LogP contribution in [0.5, 0.6) is 0 Å². The van der Waals surface area contributed by atoms with Gasteiger partial charge in [-0.25, -0.2) is 19.2 Å². The minimum atomic E-state index is -1.13. The normalized spacial score (nSPS) is 10.1. The number of hydrogen-bond donors (Lipinski definition) is 2. The van der Waals surface area contributed by atoms with E-state index in [0.29, 0.717) is 12.2 Å². The molecule has 92 valence electrons. The number of nitrogens with zero attached hydrogens (tertiary/aromatic N) is 2. The maximum absolute atomic E-state index is 12.7. The van der Waals surface area contributed by atoms with E-state index >= 15 is 0 Å². The monoisotopic (exact) mass is 247 g/mol. The molecule has 0 fully saturated rings. The van der Waals surface area contributed by atoms with Gasteiger partial charge in [0, 0.05) is 6.54 Å². The van der Waals surface area contributed by atoms with Crippen molar-refractivity contribution in [3.63, 3.8) is 0 Å². The SMILES string of the molecule is O=C(O)c1ncncc1NCc1ccc(F)cc1. The van der Waals surface area contributed by atoms with Gasteiger partial charge in [0.1, 0.15) is 12.1 Å². The average molecular weight is 247 g/mol. The maximum Gasteiger partial charge on any atom is 0.356 e. The lowest BCUT2D eigenvalue weighted by molar-refractivity contribution is 0.0691. The van der Waals surface area contributed by atoms with Crippen molar-refractivity contribution < 1.29 is 14.3 Å². The van der Waals surface area contributed by atoms with E-state index < -0.39 is 5.97 Å². The van der Waals surface area contributed by atoms with Crippen molar-refractivity contribution in [1.82, 2.24) is 9.97 Å². The highest BCUT2D eigenvalue weighted by atomic mass is 19.1. The van der Waals surface area contributed by atoms with E-state index in [1.807, 2.05) is 0 Å². The first-order valence-electron chi connectivity index (χ1n) is 5.18. The van der Waals surface area contributed by atoms with Crippen LogP contribution in [0.2, 0.25) is 0 Å². The van der Waals surface area contributed by atoms with E-state index in [2.05, 4.69) is 15.3 Å².